The minimum Gasteiger partial charge on any atom is -0.471 e. The van der Waals surface area contributed by atoms with Crippen molar-refractivity contribution in [1.82, 2.24) is 0 Å². The molecule has 1 saturated carbocycles. The average molecular weight is 146 g/mol. The SMILES string of the molecule is COC=O.OC1CCCC1. The summed E-state index contributed by atoms with van der Waals surface area (Å²) in [6, 6.07) is 0. The van der Waals surface area contributed by atoms with Gasteiger partial charge < -0.3 is 9.84 Å². The van der Waals surface area contributed by atoms with Crippen molar-refractivity contribution in [3.8, 4) is 0 Å². The molecule has 60 valence electrons. The molecule has 0 atom stereocenters. The van der Waals surface area contributed by atoms with Gasteiger partial charge in [0.05, 0.1) is 13.2 Å². The van der Waals surface area contributed by atoms with E-state index >= 15 is 0 Å². The number of rotatable bonds is 1. The van der Waals surface area contributed by atoms with E-state index in [1.54, 1.807) is 0 Å². The van der Waals surface area contributed by atoms with E-state index in [1.807, 2.05) is 0 Å². The van der Waals surface area contributed by atoms with Crippen LogP contribution in [0.15, 0.2) is 0 Å². The molecule has 0 saturated heterocycles. The van der Waals surface area contributed by atoms with Gasteiger partial charge in [0.25, 0.3) is 6.47 Å². The van der Waals surface area contributed by atoms with E-state index in [-0.39, 0.29) is 6.10 Å². The lowest BCUT2D eigenvalue weighted by atomic mass is 10.3. The number of carbonyl (C=O) groups is 1. The minimum atomic E-state index is 0.0463. The quantitative estimate of drug-likeness (QED) is 0.554. The molecule has 0 aliphatic heterocycles. The van der Waals surface area contributed by atoms with Crippen LogP contribution >= 0.6 is 0 Å². The van der Waals surface area contributed by atoms with E-state index in [4.69, 9.17) is 9.90 Å². The predicted octanol–water partition coefficient (Wildman–Crippen LogP) is 0.710. The Balaban J connectivity index is 0.000000180. The zero-order valence-electron chi connectivity index (χ0n) is 6.25. The van der Waals surface area contributed by atoms with Crippen LogP contribution in [0.4, 0.5) is 0 Å². The Morgan fingerprint density at radius 2 is 1.90 bits per heavy atom. The van der Waals surface area contributed by atoms with Gasteiger partial charge in [0.15, 0.2) is 0 Å². The van der Waals surface area contributed by atoms with Crippen LogP contribution in [0.2, 0.25) is 0 Å². The molecule has 0 heterocycles. The molecule has 0 unspecified atom stereocenters. The highest BCUT2D eigenvalue weighted by Gasteiger charge is 2.09. The van der Waals surface area contributed by atoms with Crippen LogP contribution in [0.5, 0.6) is 0 Å². The van der Waals surface area contributed by atoms with Crippen molar-refractivity contribution in [1.29, 1.82) is 0 Å². The van der Waals surface area contributed by atoms with Gasteiger partial charge in [-0.15, -0.1) is 0 Å². The smallest absolute Gasteiger partial charge is 0.292 e. The lowest BCUT2D eigenvalue weighted by Crippen LogP contribution is -1.94. The molecule has 1 aliphatic rings. The number of hydrogen-bond acceptors (Lipinski definition) is 3. The second kappa shape index (κ2) is 6.55. The molecule has 0 spiro atoms. The molecule has 0 radical (unpaired) electrons. The largest absolute Gasteiger partial charge is 0.471 e. The second-order valence-electron chi connectivity index (χ2n) is 2.27. The van der Waals surface area contributed by atoms with Gasteiger partial charge in [0.2, 0.25) is 0 Å². The van der Waals surface area contributed by atoms with Crippen molar-refractivity contribution >= 4 is 6.47 Å². The highest BCUT2D eigenvalue weighted by Crippen LogP contribution is 2.16. The summed E-state index contributed by atoms with van der Waals surface area (Å²) < 4.78 is 3.86. The van der Waals surface area contributed by atoms with Crippen LogP contribution in [0.1, 0.15) is 25.7 Å². The van der Waals surface area contributed by atoms with E-state index in [9.17, 15) is 0 Å². The third-order valence-electron chi connectivity index (χ3n) is 1.42. The molecule has 0 aromatic carbocycles. The zero-order valence-corrected chi connectivity index (χ0v) is 6.25. The molecule has 0 aromatic heterocycles. The third kappa shape index (κ3) is 5.56. The van der Waals surface area contributed by atoms with Crippen LogP contribution in [0, 0.1) is 0 Å². The topological polar surface area (TPSA) is 46.5 Å². The minimum absolute atomic E-state index is 0.0463. The zero-order chi connectivity index (χ0) is 7.82. The van der Waals surface area contributed by atoms with Crippen LogP contribution < -0.4 is 0 Å². The number of hydrogen-bond donors (Lipinski definition) is 1. The van der Waals surface area contributed by atoms with Gasteiger partial charge in [-0.25, -0.2) is 0 Å². The van der Waals surface area contributed by atoms with Crippen LogP contribution in [0.25, 0.3) is 0 Å². The van der Waals surface area contributed by atoms with E-state index in [0.717, 1.165) is 12.8 Å². The lowest BCUT2D eigenvalue weighted by molar-refractivity contribution is -0.126. The molecule has 3 nitrogen and oxygen atoms in total. The van der Waals surface area contributed by atoms with E-state index in [0.29, 0.717) is 6.47 Å². The molecule has 1 aliphatic carbocycles. The summed E-state index contributed by atoms with van der Waals surface area (Å²) in [6.45, 7) is 0.375. The molecule has 1 rings (SSSR count). The number of methoxy groups -OCH3 is 1. The van der Waals surface area contributed by atoms with Gasteiger partial charge >= 0.3 is 0 Å². The number of carbonyl (C=O) groups excluding carboxylic acids is 1. The molecule has 3 heteroatoms. The Labute approximate surface area is 61.0 Å². The standard InChI is InChI=1S/C5H10O.C2H4O2/c6-5-3-1-2-4-5;1-4-2-3/h5-6H,1-4H2;2H,1H3. The molecule has 0 aromatic rings. The van der Waals surface area contributed by atoms with Crippen molar-refractivity contribution in [2.24, 2.45) is 0 Å². The molecule has 0 bridgehead atoms. The van der Waals surface area contributed by atoms with Gasteiger partial charge in [0, 0.05) is 0 Å². The monoisotopic (exact) mass is 146 g/mol. The molecular formula is C7H14O3. The van der Waals surface area contributed by atoms with E-state index < -0.39 is 0 Å². The van der Waals surface area contributed by atoms with Crippen molar-refractivity contribution in [2.75, 3.05) is 7.11 Å². The van der Waals surface area contributed by atoms with Gasteiger partial charge in [0.1, 0.15) is 0 Å². The summed E-state index contributed by atoms with van der Waals surface area (Å²) >= 11 is 0. The van der Waals surface area contributed by atoms with Gasteiger partial charge in [-0.3, -0.25) is 4.79 Å². The molecule has 0 amide bonds. The van der Waals surface area contributed by atoms with Gasteiger partial charge in [-0.1, -0.05) is 12.8 Å². The molecule has 1 N–H and O–H groups in total. The normalized spacial score (nSPS) is 17.4. The molecule has 1 fully saturated rings. The summed E-state index contributed by atoms with van der Waals surface area (Å²) in [5, 5.41) is 8.73. The fourth-order valence-electron chi connectivity index (χ4n) is 0.904. The summed E-state index contributed by atoms with van der Waals surface area (Å²) in [7, 11) is 1.31. The predicted molar refractivity (Wildman–Crippen MR) is 37.5 cm³/mol. The summed E-state index contributed by atoms with van der Waals surface area (Å²) in [4.78, 5) is 8.95. The van der Waals surface area contributed by atoms with Crippen molar-refractivity contribution in [3.05, 3.63) is 0 Å². The van der Waals surface area contributed by atoms with E-state index in [1.165, 1.54) is 20.0 Å². The van der Waals surface area contributed by atoms with Crippen LogP contribution in [0.3, 0.4) is 0 Å². The van der Waals surface area contributed by atoms with Crippen molar-refractivity contribution in [3.63, 3.8) is 0 Å². The number of ether oxygens (including phenoxy) is 1. The first-order valence-electron chi connectivity index (χ1n) is 3.45. The average Bonchev–Trinajstić information content (AvgIpc) is 2.40. The first kappa shape index (κ1) is 9.43. The van der Waals surface area contributed by atoms with Crippen LogP contribution in [-0.4, -0.2) is 24.8 Å². The Morgan fingerprint density at radius 1 is 1.50 bits per heavy atom. The van der Waals surface area contributed by atoms with Gasteiger partial charge in [-0.2, -0.15) is 0 Å². The van der Waals surface area contributed by atoms with Gasteiger partial charge in [-0.05, 0) is 12.8 Å². The maximum absolute atomic E-state index is 8.95. The van der Waals surface area contributed by atoms with Crippen molar-refractivity contribution in [2.45, 2.75) is 31.8 Å². The summed E-state index contributed by atoms with van der Waals surface area (Å²) in [5.41, 5.74) is 0. The fraction of sp³-hybridized carbons (Fsp3) is 0.857. The van der Waals surface area contributed by atoms with Crippen LogP contribution in [-0.2, 0) is 9.53 Å². The Hall–Kier alpha value is -0.570. The third-order valence-corrected chi connectivity index (χ3v) is 1.42. The molecule has 10 heavy (non-hydrogen) atoms. The second-order valence-corrected chi connectivity index (χ2v) is 2.27. The number of aliphatic hydroxyl groups is 1. The number of aliphatic hydroxyl groups excluding tert-OH is 1. The fourth-order valence-corrected chi connectivity index (χ4v) is 0.904. The summed E-state index contributed by atoms with van der Waals surface area (Å²) in [6.07, 6.45) is 4.60. The van der Waals surface area contributed by atoms with E-state index in [2.05, 4.69) is 4.74 Å². The lowest BCUT2D eigenvalue weighted by Gasteiger charge is -1.91. The maximum atomic E-state index is 8.95. The van der Waals surface area contributed by atoms with Crippen molar-refractivity contribution < 1.29 is 14.6 Å². The highest BCUT2D eigenvalue weighted by atomic mass is 16.5. The Kier molecular flexibility index (Phi) is 6.18. The Morgan fingerprint density at radius 3 is 2.00 bits per heavy atom. The maximum Gasteiger partial charge on any atom is 0.292 e. The summed E-state index contributed by atoms with van der Waals surface area (Å²) in [5.74, 6) is 0. The first-order chi connectivity index (χ1) is 4.81. The Bertz CT molecular complexity index is 76.9. The molecular weight excluding hydrogens is 132 g/mol. The highest BCUT2D eigenvalue weighted by molar-refractivity contribution is 5.36. The first-order valence-corrected chi connectivity index (χ1v) is 3.45.